The van der Waals surface area contributed by atoms with Gasteiger partial charge in [-0.3, -0.25) is 4.79 Å². The molecule has 0 saturated carbocycles. The smallest absolute Gasteiger partial charge is 0.320 e. The third kappa shape index (κ3) is 6.52. The van der Waals surface area contributed by atoms with Gasteiger partial charge in [-0.2, -0.15) is 0 Å². The van der Waals surface area contributed by atoms with Crippen molar-refractivity contribution in [2.45, 2.75) is 12.5 Å². The Hall–Kier alpha value is -0.190. The zero-order valence-corrected chi connectivity index (χ0v) is 7.92. The summed E-state index contributed by atoms with van der Waals surface area (Å²) in [6.07, 6.45) is -0.438. The third-order valence-corrected chi connectivity index (χ3v) is 1.92. The van der Waals surface area contributed by atoms with Crippen LogP contribution >= 0.6 is 20.2 Å². The Morgan fingerprint density at radius 2 is 2.25 bits per heavy atom. The molecule has 0 aliphatic rings. The summed E-state index contributed by atoms with van der Waals surface area (Å²) in [5, 5.41) is 16.5. The monoisotopic (exact) mass is 215 g/mol. The summed E-state index contributed by atoms with van der Waals surface area (Å²) in [4.78, 5) is 20.6. The number of hydrogen-bond donors (Lipinski definition) is 3. The Labute approximate surface area is 77.1 Å². The van der Waals surface area contributed by atoms with Crippen LogP contribution < -0.4 is 10.6 Å². The van der Waals surface area contributed by atoms with Gasteiger partial charge in [-0.1, -0.05) is 0 Å². The van der Waals surface area contributed by atoms with Gasteiger partial charge in [0, 0.05) is 6.42 Å². The normalized spacial score (nSPS) is 13.4. The second-order valence-electron chi connectivity index (χ2n) is 1.92. The molecule has 0 aromatic carbocycles. The second kappa shape index (κ2) is 7.46. The third-order valence-electron chi connectivity index (χ3n) is 1.02. The van der Waals surface area contributed by atoms with Crippen LogP contribution in [0.2, 0.25) is 0 Å². The largest absolute Gasteiger partial charge is 0.629 e. The molecule has 0 bridgehead atoms. The molecule has 0 rings (SSSR count). The van der Waals surface area contributed by atoms with Gasteiger partial charge in [-0.15, -0.1) is 12.4 Å². The van der Waals surface area contributed by atoms with Crippen LogP contribution in [0.25, 0.3) is 0 Å². The second-order valence-corrected chi connectivity index (χ2v) is 3.40. The molecule has 0 aliphatic carbocycles. The molecule has 0 aromatic heterocycles. The molecular weight excluding hydrogens is 204 g/mol. The van der Waals surface area contributed by atoms with E-state index in [4.69, 9.17) is 15.9 Å². The highest BCUT2D eigenvalue weighted by Crippen LogP contribution is 2.06. The maximum atomic E-state index is 10.5. The summed E-state index contributed by atoms with van der Waals surface area (Å²) in [6, 6.07) is -1.03. The van der Waals surface area contributed by atoms with Crippen LogP contribution in [-0.2, 0) is 4.79 Å². The topological polar surface area (TPSA) is 107 Å². The summed E-state index contributed by atoms with van der Waals surface area (Å²) in [7, 11) is -1.80. The number of aliphatic hydroxyl groups is 1. The number of carboxylic acid groups (broad SMARTS) is 1. The number of aliphatic hydroxyl groups excluding tert-OH is 1. The molecule has 0 fully saturated rings. The van der Waals surface area contributed by atoms with E-state index in [1.807, 2.05) is 0 Å². The summed E-state index contributed by atoms with van der Waals surface area (Å²) >= 11 is 0. The molecule has 0 aliphatic heterocycles. The van der Waals surface area contributed by atoms with E-state index in [2.05, 4.69) is 0 Å². The lowest BCUT2D eigenvalue weighted by atomic mass is 10.2. The van der Waals surface area contributed by atoms with Crippen LogP contribution in [0.4, 0.5) is 0 Å². The number of hydrogen-bond acceptors (Lipinski definition) is 4. The van der Waals surface area contributed by atoms with Crippen LogP contribution in [0.5, 0.6) is 0 Å². The highest BCUT2D eigenvalue weighted by atomic mass is 35.5. The Bertz CT molecular complexity index is 175. The quantitative estimate of drug-likeness (QED) is 0.507. The molecule has 0 spiro atoms. The molecule has 2 atom stereocenters. The minimum absolute atomic E-state index is 0. The molecule has 0 radical (unpaired) electrons. The van der Waals surface area contributed by atoms with Crippen LogP contribution in [0.15, 0.2) is 0 Å². The minimum atomic E-state index is -1.80. The number of halogens is 1. The minimum Gasteiger partial charge on any atom is -0.629 e. The number of carbonyl (C=O) groups is 1. The summed E-state index contributed by atoms with van der Waals surface area (Å²) < 4.78 is 0. The lowest BCUT2D eigenvalue weighted by molar-refractivity contribution is -0.155. The van der Waals surface area contributed by atoms with E-state index in [0.717, 1.165) is 0 Å². The molecule has 72 valence electrons. The molecule has 0 heterocycles. The van der Waals surface area contributed by atoms with Gasteiger partial charge in [0.1, 0.15) is 6.04 Å². The van der Waals surface area contributed by atoms with Crippen molar-refractivity contribution in [1.82, 2.24) is 0 Å². The fourth-order valence-corrected chi connectivity index (χ4v) is 0.967. The summed E-state index contributed by atoms with van der Waals surface area (Å²) in [5.41, 5.74) is 5.08. The predicted molar refractivity (Wildman–Crippen MR) is 47.5 cm³/mol. The van der Waals surface area contributed by atoms with Gasteiger partial charge in [-0.05, 0) is 0 Å². The molecule has 12 heavy (non-hydrogen) atoms. The highest BCUT2D eigenvalue weighted by Gasteiger charge is 2.10. The van der Waals surface area contributed by atoms with Gasteiger partial charge in [0.15, 0.2) is 6.35 Å². The average molecular weight is 216 g/mol. The van der Waals surface area contributed by atoms with Gasteiger partial charge in [0.25, 0.3) is 0 Å². The van der Waals surface area contributed by atoms with Crippen molar-refractivity contribution in [3.8, 4) is 0 Å². The summed E-state index contributed by atoms with van der Waals surface area (Å²) in [5.74, 6) is 0.0799. The lowest BCUT2D eigenvalue weighted by Gasteiger charge is -1.99. The van der Waals surface area contributed by atoms with E-state index >= 15 is 0 Å². The molecule has 7 heteroatoms. The Kier molecular flexibility index (Phi) is 8.91. The Morgan fingerprint density at radius 1 is 1.75 bits per heavy atom. The standard InChI is InChI=1S/C5H10NO4P.ClH/c6-4(5(8)9)1-2-11(10)3-7;/h2,4,7H,1,3,6H2,(H,8,9);1H. The highest BCUT2D eigenvalue weighted by molar-refractivity contribution is 7.49. The van der Waals surface area contributed by atoms with Gasteiger partial charge in [0.2, 0.25) is 0 Å². The number of aliphatic carboxylic acids is 1. The maximum absolute atomic E-state index is 10.5. The zero-order valence-electron chi connectivity index (χ0n) is 6.21. The lowest BCUT2D eigenvalue weighted by Crippen LogP contribution is -2.30. The van der Waals surface area contributed by atoms with Crippen LogP contribution in [-0.4, -0.2) is 34.4 Å². The van der Waals surface area contributed by atoms with Gasteiger partial charge >= 0.3 is 5.97 Å². The molecule has 0 aromatic rings. The Morgan fingerprint density at radius 3 is 2.58 bits per heavy atom. The average Bonchev–Trinajstić information content (AvgIpc) is 1.99. The molecule has 4 N–H and O–H groups in total. The van der Waals surface area contributed by atoms with Gasteiger partial charge < -0.3 is 20.8 Å². The first-order valence-corrected chi connectivity index (χ1v) is 4.45. The van der Waals surface area contributed by atoms with Gasteiger partial charge in [-0.25, -0.2) is 0 Å². The van der Waals surface area contributed by atoms with E-state index in [-0.39, 0.29) is 18.8 Å². The van der Waals surface area contributed by atoms with Crippen molar-refractivity contribution in [3.63, 3.8) is 0 Å². The molecule has 0 amide bonds. The molecule has 0 saturated heterocycles. The van der Waals surface area contributed by atoms with Crippen LogP contribution in [0.3, 0.4) is 0 Å². The van der Waals surface area contributed by atoms with Crippen molar-refractivity contribution in [2.24, 2.45) is 5.73 Å². The van der Waals surface area contributed by atoms with Crippen LogP contribution in [0.1, 0.15) is 6.42 Å². The van der Waals surface area contributed by atoms with E-state index in [1.165, 1.54) is 5.80 Å². The van der Waals surface area contributed by atoms with Crippen molar-refractivity contribution in [3.05, 3.63) is 0 Å². The van der Waals surface area contributed by atoms with E-state index in [9.17, 15) is 9.69 Å². The first-order chi connectivity index (χ1) is 5.07. The number of rotatable bonds is 4. The maximum Gasteiger partial charge on any atom is 0.320 e. The first-order valence-electron chi connectivity index (χ1n) is 2.94. The van der Waals surface area contributed by atoms with Crippen molar-refractivity contribution in [2.75, 3.05) is 6.35 Å². The number of nitrogens with two attached hydrogens (primary N) is 1. The molecular formula is C5H11ClNO4P. The van der Waals surface area contributed by atoms with E-state index in [1.54, 1.807) is 0 Å². The van der Waals surface area contributed by atoms with Crippen LogP contribution in [0, 0.1) is 0 Å². The summed E-state index contributed by atoms with van der Waals surface area (Å²) in [6.45, 7) is 0. The van der Waals surface area contributed by atoms with E-state index in [0.29, 0.717) is 0 Å². The predicted octanol–water partition coefficient (Wildman–Crippen LogP) is -1.28. The van der Waals surface area contributed by atoms with Crippen molar-refractivity contribution < 1.29 is 19.9 Å². The van der Waals surface area contributed by atoms with Crippen molar-refractivity contribution >= 4 is 31.9 Å². The fraction of sp³-hybridized carbons (Fsp3) is 0.600. The zero-order chi connectivity index (χ0) is 8.85. The van der Waals surface area contributed by atoms with Gasteiger partial charge in [0.05, 0.1) is 13.6 Å². The molecule has 5 nitrogen and oxygen atoms in total. The number of carboxylic acids is 1. The van der Waals surface area contributed by atoms with E-state index < -0.39 is 26.1 Å². The first kappa shape index (κ1) is 14.3. The van der Waals surface area contributed by atoms with Crippen molar-refractivity contribution in [1.29, 1.82) is 0 Å². The SMILES string of the molecule is Cl.NC(CC=[P+]([O-])CO)C(=O)O. The molecule has 2 unspecified atom stereocenters. The Balaban J connectivity index is 0. The fourth-order valence-electron chi connectivity index (χ4n) is 0.390.